The number of quaternary nitrogens is 1. The first kappa shape index (κ1) is 17.2. The second-order valence-electron chi connectivity index (χ2n) is 5.82. The van der Waals surface area contributed by atoms with Crippen LogP contribution >= 0.6 is 0 Å². The average Bonchev–Trinajstić information content (AvgIpc) is 2.56. The van der Waals surface area contributed by atoms with Crippen LogP contribution in [-0.4, -0.2) is 51.2 Å². The first-order valence-electron chi connectivity index (χ1n) is 8.32. The van der Waals surface area contributed by atoms with E-state index in [0.29, 0.717) is 13.1 Å². The molecule has 0 aliphatic carbocycles. The molecule has 1 aliphatic heterocycles. The Hall–Kier alpha value is -2.15. The molecule has 3 amide bonds. The molecule has 1 fully saturated rings. The van der Waals surface area contributed by atoms with Gasteiger partial charge in [-0.1, -0.05) is 19.4 Å². The minimum Gasteiger partial charge on any atom is -0.338 e. The van der Waals surface area contributed by atoms with Crippen molar-refractivity contribution >= 4 is 17.8 Å². The molecule has 7 heteroatoms. The van der Waals surface area contributed by atoms with E-state index in [2.05, 4.69) is 33.5 Å². The molecule has 126 valence electrons. The van der Waals surface area contributed by atoms with Gasteiger partial charge in [0.25, 0.3) is 11.7 Å². The fraction of sp³-hybridized carbons (Fsp3) is 0.562. The number of anilines is 1. The van der Waals surface area contributed by atoms with Crippen LogP contribution in [0.25, 0.3) is 0 Å². The van der Waals surface area contributed by atoms with Gasteiger partial charge in [-0.05, 0) is 12.5 Å². The quantitative estimate of drug-likeness (QED) is 0.578. The predicted octanol–water partition coefficient (Wildman–Crippen LogP) is -1.17. The van der Waals surface area contributed by atoms with E-state index in [1.54, 1.807) is 0 Å². The number of unbranched alkanes of at least 4 members (excludes halogenated alkanes) is 1. The fourth-order valence-corrected chi connectivity index (χ4v) is 2.64. The number of H-pyrrole nitrogens is 1. The number of pyridine rings is 1. The lowest BCUT2D eigenvalue weighted by Crippen LogP contribution is -3.16. The number of amides is 3. The van der Waals surface area contributed by atoms with Gasteiger partial charge >= 0.3 is 6.03 Å². The zero-order chi connectivity index (χ0) is 16.5. The summed E-state index contributed by atoms with van der Waals surface area (Å²) in [5.41, 5.74) is 0. The SMILES string of the molecule is CCCCNC(=O)NC(=O)C[NH+]1CCN(c2cccc[nH+]2)CC1. The van der Waals surface area contributed by atoms with Crippen LogP contribution in [0.3, 0.4) is 0 Å². The summed E-state index contributed by atoms with van der Waals surface area (Å²) >= 11 is 0. The molecular formula is C16H27N5O2+2. The molecule has 0 atom stereocenters. The van der Waals surface area contributed by atoms with Gasteiger partial charge in [0.1, 0.15) is 26.2 Å². The number of piperazine rings is 1. The highest BCUT2D eigenvalue weighted by Gasteiger charge is 2.27. The molecule has 4 N–H and O–H groups in total. The standard InChI is InChI=1S/C16H25N5O2/c1-2-3-7-18-16(23)19-15(22)13-20-9-11-21(12-10-20)14-6-4-5-8-17-14/h4-6,8H,2-3,7,9-13H2,1H3,(H2,18,19,22,23)/p+2. The Morgan fingerprint density at radius 2 is 2.09 bits per heavy atom. The van der Waals surface area contributed by atoms with Crippen LogP contribution in [0.1, 0.15) is 19.8 Å². The smallest absolute Gasteiger partial charge is 0.321 e. The van der Waals surface area contributed by atoms with E-state index >= 15 is 0 Å². The molecule has 1 aromatic rings. The van der Waals surface area contributed by atoms with E-state index in [1.165, 1.54) is 4.90 Å². The lowest BCUT2D eigenvalue weighted by atomic mass is 10.3. The van der Waals surface area contributed by atoms with Crippen LogP contribution in [0.15, 0.2) is 24.4 Å². The number of aromatic amines is 1. The molecule has 7 nitrogen and oxygen atoms in total. The average molecular weight is 321 g/mol. The molecule has 1 aromatic heterocycles. The third-order valence-electron chi connectivity index (χ3n) is 3.98. The summed E-state index contributed by atoms with van der Waals surface area (Å²) < 4.78 is 0. The summed E-state index contributed by atoms with van der Waals surface area (Å²) in [4.78, 5) is 30.1. The second-order valence-corrected chi connectivity index (χ2v) is 5.82. The Morgan fingerprint density at radius 1 is 1.30 bits per heavy atom. The van der Waals surface area contributed by atoms with Crippen LogP contribution in [0.2, 0.25) is 0 Å². The van der Waals surface area contributed by atoms with Gasteiger partial charge in [0.15, 0.2) is 6.54 Å². The van der Waals surface area contributed by atoms with Crippen molar-refractivity contribution in [3.8, 4) is 0 Å². The molecular weight excluding hydrogens is 294 g/mol. The minimum atomic E-state index is -0.389. The van der Waals surface area contributed by atoms with Crippen molar-refractivity contribution in [2.45, 2.75) is 19.8 Å². The van der Waals surface area contributed by atoms with Crippen LogP contribution < -0.4 is 25.4 Å². The van der Waals surface area contributed by atoms with Crippen molar-refractivity contribution in [2.75, 3.05) is 44.2 Å². The monoisotopic (exact) mass is 321 g/mol. The molecule has 0 radical (unpaired) electrons. The van der Waals surface area contributed by atoms with Crippen LogP contribution in [0, 0.1) is 0 Å². The Kier molecular flexibility index (Phi) is 6.80. The number of rotatable bonds is 6. The number of hydrogen-bond donors (Lipinski definition) is 3. The number of nitrogens with zero attached hydrogens (tertiary/aromatic N) is 1. The van der Waals surface area contributed by atoms with Crippen molar-refractivity contribution in [1.82, 2.24) is 10.6 Å². The number of urea groups is 1. The molecule has 2 heterocycles. The van der Waals surface area contributed by atoms with Crippen molar-refractivity contribution in [2.24, 2.45) is 0 Å². The van der Waals surface area contributed by atoms with E-state index in [9.17, 15) is 9.59 Å². The van der Waals surface area contributed by atoms with Gasteiger partial charge in [0.05, 0.1) is 6.20 Å². The van der Waals surface area contributed by atoms with E-state index in [0.717, 1.165) is 44.8 Å². The first-order valence-corrected chi connectivity index (χ1v) is 8.32. The predicted molar refractivity (Wildman–Crippen MR) is 87.2 cm³/mol. The van der Waals surface area contributed by atoms with Crippen LogP contribution in [-0.2, 0) is 4.79 Å². The normalized spacial score (nSPS) is 15.3. The Morgan fingerprint density at radius 3 is 2.74 bits per heavy atom. The maximum absolute atomic E-state index is 11.9. The van der Waals surface area contributed by atoms with Crippen molar-refractivity contribution in [3.63, 3.8) is 0 Å². The molecule has 0 bridgehead atoms. The summed E-state index contributed by atoms with van der Waals surface area (Å²) in [6, 6.07) is 5.63. The highest BCUT2D eigenvalue weighted by atomic mass is 16.2. The zero-order valence-electron chi connectivity index (χ0n) is 13.7. The van der Waals surface area contributed by atoms with Gasteiger partial charge in [-0.15, -0.1) is 0 Å². The summed E-state index contributed by atoms with van der Waals surface area (Å²) in [5.74, 6) is 0.889. The molecule has 2 rings (SSSR count). The number of carbonyl (C=O) groups is 2. The number of aromatic nitrogens is 1. The summed E-state index contributed by atoms with van der Waals surface area (Å²) in [6.07, 6.45) is 3.85. The van der Waals surface area contributed by atoms with Crippen LogP contribution in [0.5, 0.6) is 0 Å². The van der Waals surface area contributed by atoms with Crippen molar-refractivity contribution < 1.29 is 19.5 Å². The number of imide groups is 1. The molecule has 0 spiro atoms. The van der Waals surface area contributed by atoms with E-state index in [-0.39, 0.29) is 11.9 Å². The van der Waals surface area contributed by atoms with E-state index in [4.69, 9.17) is 0 Å². The van der Waals surface area contributed by atoms with Gasteiger partial charge in [0, 0.05) is 12.6 Å². The second kappa shape index (κ2) is 9.09. The van der Waals surface area contributed by atoms with Gasteiger partial charge in [-0.3, -0.25) is 15.0 Å². The molecule has 0 unspecified atom stereocenters. The molecule has 0 saturated carbocycles. The lowest BCUT2D eigenvalue weighted by Gasteiger charge is -2.27. The summed E-state index contributed by atoms with van der Waals surface area (Å²) in [7, 11) is 0. The summed E-state index contributed by atoms with van der Waals surface area (Å²) in [6.45, 7) is 6.56. The van der Waals surface area contributed by atoms with Gasteiger partial charge in [-0.2, -0.15) is 0 Å². The molecule has 23 heavy (non-hydrogen) atoms. The number of carbonyl (C=O) groups excluding carboxylic acids is 2. The van der Waals surface area contributed by atoms with E-state index < -0.39 is 0 Å². The van der Waals surface area contributed by atoms with Crippen LogP contribution in [0.4, 0.5) is 10.6 Å². The lowest BCUT2D eigenvalue weighted by molar-refractivity contribution is -0.892. The van der Waals surface area contributed by atoms with E-state index in [1.807, 2.05) is 18.3 Å². The highest BCUT2D eigenvalue weighted by Crippen LogP contribution is 2.04. The fourth-order valence-electron chi connectivity index (χ4n) is 2.64. The molecule has 1 aliphatic rings. The highest BCUT2D eigenvalue weighted by molar-refractivity contribution is 5.94. The maximum atomic E-state index is 11.9. The Bertz CT molecular complexity index is 500. The Balaban J connectivity index is 1.67. The van der Waals surface area contributed by atoms with Crippen molar-refractivity contribution in [1.29, 1.82) is 0 Å². The Labute approximate surface area is 137 Å². The summed E-state index contributed by atoms with van der Waals surface area (Å²) in [5, 5.41) is 5.09. The first-order chi connectivity index (χ1) is 11.2. The largest absolute Gasteiger partial charge is 0.338 e. The van der Waals surface area contributed by atoms with Gasteiger partial charge in [-0.25, -0.2) is 9.78 Å². The third kappa shape index (κ3) is 5.86. The zero-order valence-corrected chi connectivity index (χ0v) is 13.7. The molecule has 1 saturated heterocycles. The van der Waals surface area contributed by atoms with Gasteiger partial charge < -0.3 is 10.2 Å². The van der Waals surface area contributed by atoms with Crippen molar-refractivity contribution in [3.05, 3.63) is 24.4 Å². The molecule has 0 aromatic carbocycles. The topological polar surface area (TPSA) is 80.0 Å². The number of hydrogen-bond acceptors (Lipinski definition) is 3. The minimum absolute atomic E-state index is 0.214. The third-order valence-corrected chi connectivity index (χ3v) is 3.98. The number of nitrogens with one attached hydrogen (secondary N) is 4. The maximum Gasteiger partial charge on any atom is 0.321 e. The van der Waals surface area contributed by atoms with Gasteiger partial charge in [0.2, 0.25) is 0 Å².